The highest BCUT2D eigenvalue weighted by Crippen LogP contribution is 2.33. The Morgan fingerprint density at radius 3 is 3.05 bits per heavy atom. The van der Waals surface area contributed by atoms with E-state index in [1.54, 1.807) is 12.3 Å². The van der Waals surface area contributed by atoms with E-state index >= 15 is 0 Å². The maximum Gasteiger partial charge on any atom is 0.311 e. The van der Waals surface area contributed by atoms with E-state index in [-0.39, 0.29) is 10.6 Å². The third-order valence-electron chi connectivity index (χ3n) is 4.18. The minimum Gasteiger partial charge on any atom is -0.351 e. The fourth-order valence-electron chi connectivity index (χ4n) is 3.15. The molecule has 0 saturated carbocycles. The summed E-state index contributed by atoms with van der Waals surface area (Å²) in [5.74, 6) is 1.85. The summed E-state index contributed by atoms with van der Waals surface area (Å²) in [6.45, 7) is 5.66. The van der Waals surface area contributed by atoms with Gasteiger partial charge in [-0.2, -0.15) is 0 Å². The Kier molecular flexibility index (Phi) is 3.10. The van der Waals surface area contributed by atoms with Crippen molar-refractivity contribution >= 4 is 11.5 Å². The molecule has 102 valence electrons. The molecule has 0 aromatic carbocycles. The molecule has 2 atom stereocenters. The smallest absolute Gasteiger partial charge is 0.311 e. The first-order chi connectivity index (χ1) is 9.15. The minimum atomic E-state index is -0.325. The summed E-state index contributed by atoms with van der Waals surface area (Å²) in [6.07, 6.45) is 2.80. The van der Waals surface area contributed by atoms with Gasteiger partial charge in [-0.05, 0) is 43.8 Å². The Balaban J connectivity index is 1.87. The Hall–Kier alpha value is -1.69. The number of nitro groups is 1. The van der Waals surface area contributed by atoms with Crippen LogP contribution in [0.1, 0.15) is 12.0 Å². The highest BCUT2D eigenvalue weighted by molar-refractivity contribution is 5.58. The number of fused-ring (bicyclic) bond motifs is 1. The average molecular weight is 262 g/mol. The van der Waals surface area contributed by atoms with E-state index in [1.165, 1.54) is 0 Å². The van der Waals surface area contributed by atoms with Crippen molar-refractivity contribution in [1.82, 2.24) is 10.3 Å². The molecule has 19 heavy (non-hydrogen) atoms. The molecule has 6 nitrogen and oxygen atoms in total. The number of pyridine rings is 1. The van der Waals surface area contributed by atoms with Crippen LogP contribution >= 0.6 is 0 Å². The lowest BCUT2D eigenvalue weighted by atomic mass is 9.88. The van der Waals surface area contributed by atoms with E-state index in [0.29, 0.717) is 11.7 Å². The van der Waals surface area contributed by atoms with Crippen molar-refractivity contribution in [3.8, 4) is 0 Å². The number of nitrogens with zero attached hydrogens (tertiary/aromatic N) is 3. The van der Waals surface area contributed by atoms with Crippen LogP contribution in [-0.2, 0) is 0 Å². The molecule has 2 saturated heterocycles. The van der Waals surface area contributed by atoms with E-state index in [1.807, 2.05) is 6.92 Å². The van der Waals surface area contributed by atoms with Crippen LogP contribution in [0.3, 0.4) is 0 Å². The zero-order valence-electron chi connectivity index (χ0n) is 11.0. The van der Waals surface area contributed by atoms with Crippen LogP contribution < -0.4 is 10.2 Å². The first-order valence-corrected chi connectivity index (χ1v) is 6.72. The average Bonchev–Trinajstić information content (AvgIpc) is 2.85. The van der Waals surface area contributed by atoms with E-state index in [2.05, 4.69) is 15.2 Å². The summed E-state index contributed by atoms with van der Waals surface area (Å²) in [5, 5.41) is 14.6. The monoisotopic (exact) mass is 262 g/mol. The number of aryl methyl sites for hydroxylation is 1. The van der Waals surface area contributed by atoms with Crippen LogP contribution in [0, 0.1) is 28.9 Å². The van der Waals surface area contributed by atoms with Crippen LogP contribution in [0.5, 0.6) is 0 Å². The third kappa shape index (κ3) is 2.28. The highest BCUT2D eigenvalue weighted by Gasteiger charge is 2.35. The van der Waals surface area contributed by atoms with Gasteiger partial charge in [-0.15, -0.1) is 0 Å². The summed E-state index contributed by atoms with van der Waals surface area (Å²) < 4.78 is 0. The van der Waals surface area contributed by atoms with Crippen molar-refractivity contribution in [2.24, 2.45) is 11.8 Å². The molecule has 2 aliphatic rings. The molecule has 0 radical (unpaired) electrons. The summed E-state index contributed by atoms with van der Waals surface area (Å²) in [7, 11) is 0. The molecule has 2 aliphatic heterocycles. The number of nitrogens with one attached hydrogen (secondary N) is 1. The molecule has 3 rings (SSSR count). The second-order valence-corrected chi connectivity index (χ2v) is 5.53. The van der Waals surface area contributed by atoms with Gasteiger partial charge >= 0.3 is 5.69 Å². The molecule has 0 bridgehead atoms. The largest absolute Gasteiger partial charge is 0.351 e. The maximum absolute atomic E-state index is 11.2. The topological polar surface area (TPSA) is 71.3 Å². The van der Waals surface area contributed by atoms with Crippen molar-refractivity contribution in [3.05, 3.63) is 27.9 Å². The number of piperidine rings is 1. The van der Waals surface area contributed by atoms with Gasteiger partial charge in [0, 0.05) is 25.4 Å². The van der Waals surface area contributed by atoms with Gasteiger partial charge in [0.2, 0.25) is 5.82 Å². The van der Waals surface area contributed by atoms with Crippen LogP contribution in [0.25, 0.3) is 0 Å². The number of hydrogen-bond donors (Lipinski definition) is 1. The van der Waals surface area contributed by atoms with E-state index in [9.17, 15) is 10.1 Å². The predicted octanol–water partition coefficient (Wildman–Crippen LogP) is 1.34. The summed E-state index contributed by atoms with van der Waals surface area (Å²) in [5.41, 5.74) is 0.956. The maximum atomic E-state index is 11.2. The second kappa shape index (κ2) is 4.77. The molecule has 6 heteroatoms. The Bertz CT molecular complexity index is 505. The lowest BCUT2D eigenvalue weighted by Crippen LogP contribution is -2.40. The van der Waals surface area contributed by atoms with Gasteiger partial charge in [0.05, 0.1) is 4.92 Å². The normalized spacial score (nSPS) is 26.3. The number of rotatable bonds is 2. The molecule has 0 spiro atoms. The molecule has 0 amide bonds. The van der Waals surface area contributed by atoms with Gasteiger partial charge in [-0.3, -0.25) is 10.1 Å². The fourth-order valence-corrected chi connectivity index (χ4v) is 3.15. The fraction of sp³-hybridized carbons (Fsp3) is 0.615. The molecule has 1 aromatic heterocycles. The molecule has 3 heterocycles. The number of aromatic nitrogens is 1. The molecule has 1 aromatic rings. The minimum absolute atomic E-state index is 0.129. The quantitative estimate of drug-likeness (QED) is 0.643. The Labute approximate surface area is 112 Å². The van der Waals surface area contributed by atoms with Gasteiger partial charge in [-0.1, -0.05) is 0 Å². The van der Waals surface area contributed by atoms with Crippen LogP contribution in [-0.4, -0.2) is 36.1 Å². The highest BCUT2D eigenvalue weighted by atomic mass is 16.6. The van der Waals surface area contributed by atoms with Crippen molar-refractivity contribution < 1.29 is 4.92 Å². The first-order valence-electron chi connectivity index (χ1n) is 6.72. The van der Waals surface area contributed by atoms with Crippen molar-refractivity contribution in [2.45, 2.75) is 13.3 Å². The van der Waals surface area contributed by atoms with Gasteiger partial charge < -0.3 is 10.2 Å². The third-order valence-corrected chi connectivity index (χ3v) is 4.18. The van der Waals surface area contributed by atoms with Crippen molar-refractivity contribution in [1.29, 1.82) is 0 Å². The summed E-state index contributed by atoms with van der Waals surface area (Å²) >= 11 is 0. The van der Waals surface area contributed by atoms with E-state index in [4.69, 9.17) is 0 Å². The van der Waals surface area contributed by atoms with E-state index < -0.39 is 0 Å². The van der Waals surface area contributed by atoms with E-state index in [0.717, 1.165) is 44.1 Å². The number of hydrogen-bond acceptors (Lipinski definition) is 5. The van der Waals surface area contributed by atoms with Crippen molar-refractivity contribution in [3.63, 3.8) is 0 Å². The van der Waals surface area contributed by atoms with Crippen LogP contribution in [0.2, 0.25) is 0 Å². The Morgan fingerprint density at radius 1 is 1.47 bits per heavy atom. The number of anilines is 1. The van der Waals surface area contributed by atoms with Gasteiger partial charge in [0.15, 0.2) is 0 Å². The van der Waals surface area contributed by atoms with Gasteiger partial charge in [-0.25, -0.2) is 4.98 Å². The van der Waals surface area contributed by atoms with Gasteiger partial charge in [0.1, 0.15) is 0 Å². The zero-order valence-corrected chi connectivity index (χ0v) is 11.0. The standard InChI is InChI=1S/C13H18N4O2/c1-9-4-12(17(18)19)13(15-5-9)16-3-2-10-6-14-7-11(10)8-16/h4-5,10-11,14H,2-3,6-8H2,1H3. The van der Waals surface area contributed by atoms with Crippen LogP contribution in [0.15, 0.2) is 12.3 Å². The summed E-state index contributed by atoms with van der Waals surface area (Å²) in [6, 6.07) is 1.61. The first kappa shape index (κ1) is 12.3. The van der Waals surface area contributed by atoms with Gasteiger partial charge in [0.25, 0.3) is 0 Å². The molecular weight excluding hydrogens is 244 g/mol. The Morgan fingerprint density at radius 2 is 2.26 bits per heavy atom. The lowest BCUT2D eigenvalue weighted by Gasteiger charge is -2.34. The molecule has 1 N–H and O–H groups in total. The summed E-state index contributed by atoms with van der Waals surface area (Å²) in [4.78, 5) is 17.2. The molecule has 2 fully saturated rings. The molecular formula is C13H18N4O2. The predicted molar refractivity (Wildman–Crippen MR) is 72.3 cm³/mol. The SMILES string of the molecule is Cc1cnc(N2CCC3CNCC3C2)c([N+](=O)[O-])c1. The molecule has 2 unspecified atom stereocenters. The zero-order chi connectivity index (χ0) is 13.4. The lowest BCUT2D eigenvalue weighted by molar-refractivity contribution is -0.384. The van der Waals surface area contributed by atoms with Crippen LogP contribution in [0.4, 0.5) is 11.5 Å². The second-order valence-electron chi connectivity index (χ2n) is 5.53. The van der Waals surface area contributed by atoms with Crippen molar-refractivity contribution in [2.75, 3.05) is 31.1 Å². The molecule has 0 aliphatic carbocycles.